The third kappa shape index (κ3) is 2.36. The highest BCUT2D eigenvalue weighted by molar-refractivity contribution is 5.63. The van der Waals surface area contributed by atoms with Gasteiger partial charge in [-0.05, 0) is 49.2 Å². The summed E-state index contributed by atoms with van der Waals surface area (Å²) < 4.78 is 15.0. The predicted molar refractivity (Wildman–Crippen MR) is 66.1 cm³/mol. The van der Waals surface area contributed by atoms with Gasteiger partial charge in [0.25, 0.3) is 0 Å². The quantitative estimate of drug-likeness (QED) is 0.881. The lowest BCUT2D eigenvalue weighted by molar-refractivity contribution is 0.618. The van der Waals surface area contributed by atoms with Crippen LogP contribution < -0.4 is 5.73 Å². The van der Waals surface area contributed by atoms with Gasteiger partial charge in [-0.15, -0.1) is 0 Å². The van der Waals surface area contributed by atoms with Crippen molar-refractivity contribution in [2.24, 2.45) is 12.8 Å². The average Bonchev–Trinajstić information content (AvgIpc) is 2.64. The molecule has 2 N–H and O–H groups in total. The molecule has 0 saturated carbocycles. The summed E-state index contributed by atoms with van der Waals surface area (Å²) in [5, 5.41) is 4.41. The first kappa shape index (κ1) is 11.8. The van der Waals surface area contributed by atoms with Crippen LogP contribution in [0.15, 0.2) is 24.4 Å². The third-order valence-corrected chi connectivity index (χ3v) is 2.75. The highest BCUT2D eigenvalue weighted by atomic mass is 19.1. The van der Waals surface area contributed by atoms with Crippen LogP contribution in [0.1, 0.15) is 11.1 Å². The van der Waals surface area contributed by atoms with Crippen molar-refractivity contribution in [2.45, 2.75) is 13.3 Å². The summed E-state index contributed by atoms with van der Waals surface area (Å²) in [4.78, 5) is 0. The lowest BCUT2D eigenvalue weighted by Gasteiger charge is -2.03. The Balaban J connectivity index is 2.47. The molecule has 0 atom stereocenters. The molecule has 2 rings (SSSR count). The summed E-state index contributed by atoms with van der Waals surface area (Å²) in [5.74, 6) is -0.190. The largest absolute Gasteiger partial charge is 0.330 e. The second-order valence-electron chi connectivity index (χ2n) is 4.18. The Morgan fingerprint density at radius 3 is 2.82 bits per heavy atom. The van der Waals surface area contributed by atoms with Gasteiger partial charge in [0.05, 0.1) is 5.69 Å². The van der Waals surface area contributed by atoms with Crippen molar-refractivity contribution >= 4 is 0 Å². The van der Waals surface area contributed by atoms with Crippen LogP contribution in [0.5, 0.6) is 0 Å². The number of hydrogen-bond donors (Lipinski definition) is 1. The van der Waals surface area contributed by atoms with E-state index >= 15 is 0 Å². The molecule has 0 aliphatic carbocycles. The number of rotatable bonds is 3. The Morgan fingerprint density at radius 1 is 1.41 bits per heavy atom. The molecule has 4 heteroatoms. The van der Waals surface area contributed by atoms with Gasteiger partial charge in [0.2, 0.25) is 0 Å². The predicted octanol–water partition coefficient (Wildman–Crippen LogP) is 2.04. The van der Waals surface area contributed by atoms with E-state index < -0.39 is 0 Å². The number of nitrogens with zero attached hydrogens (tertiary/aromatic N) is 2. The van der Waals surface area contributed by atoms with Crippen LogP contribution in [0.3, 0.4) is 0 Å². The first-order valence-corrected chi connectivity index (χ1v) is 5.61. The van der Waals surface area contributed by atoms with Crippen LogP contribution in [0.4, 0.5) is 4.39 Å². The molecule has 17 heavy (non-hydrogen) atoms. The van der Waals surface area contributed by atoms with E-state index in [0.717, 1.165) is 23.2 Å². The van der Waals surface area contributed by atoms with Crippen LogP contribution in [-0.2, 0) is 13.5 Å². The molecule has 0 saturated heterocycles. The first-order valence-electron chi connectivity index (χ1n) is 5.61. The van der Waals surface area contributed by atoms with Gasteiger partial charge in [0.1, 0.15) is 5.82 Å². The van der Waals surface area contributed by atoms with Crippen molar-refractivity contribution in [3.05, 3.63) is 41.3 Å². The van der Waals surface area contributed by atoms with Crippen molar-refractivity contribution in [3.8, 4) is 11.3 Å². The monoisotopic (exact) mass is 233 g/mol. The highest BCUT2D eigenvalue weighted by Gasteiger charge is 2.10. The highest BCUT2D eigenvalue weighted by Crippen LogP contribution is 2.24. The Kier molecular flexibility index (Phi) is 3.24. The Hall–Kier alpha value is -1.68. The fraction of sp³-hybridized carbons (Fsp3) is 0.308. The SMILES string of the molecule is Cc1cc(-c2nn(C)cc2CCN)ccc1F. The molecular formula is C13H16FN3. The van der Waals surface area contributed by atoms with Gasteiger partial charge in [-0.3, -0.25) is 4.68 Å². The molecule has 0 radical (unpaired) electrons. The molecule has 0 spiro atoms. The lowest BCUT2D eigenvalue weighted by Crippen LogP contribution is -2.02. The molecule has 0 fully saturated rings. The van der Waals surface area contributed by atoms with E-state index in [0.29, 0.717) is 12.1 Å². The number of aromatic nitrogens is 2. The van der Waals surface area contributed by atoms with Gasteiger partial charge < -0.3 is 5.73 Å². The molecule has 0 aliphatic heterocycles. The minimum atomic E-state index is -0.190. The first-order chi connectivity index (χ1) is 8.11. The molecule has 1 heterocycles. The maximum atomic E-state index is 13.2. The molecule has 90 valence electrons. The van der Waals surface area contributed by atoms with Crippen molar-refractivity contribution < 1.29 is 4.39 Å². The van der Waals surface area contributed by atoms with Crippen LogP contribution >= 0.6 is 0 Å². The standard InChI is InChI=1S/C13H16FN3/c1-9-7-10(3-4-12(9)14)13-11(5-6-15)8-17(2)16-13/h3-4,7-8H,5-6,15H2,1-2H3. The zero-order valence-electron chi connectivity index (χ0n) is 10.1. The molecule has 0 bridgehead atoms. The van der Waals surface area contributed by atoms with E-state index in [4.69, 9.17) is 5.73 Å². The Bertz CT molecular complexity index is 531. The van der Waals surface area contributed by atoms with Crippen LogP contribution in [0.25, 0.3) is 11.3 Å². The van der Waals surface area contributed by atoms with Gasteiger partial charge in [0, 0.05) is 18.8 Å². The normalized spacial score (nSPS) is 10.8. The number of nitrogens with two attached hydrogens (primary N) is 1. The molecule has 0 amide bonds. The minimum Gasteiger partial charge on any atom is -0.330 e. The number of benzene rings is 1. The van der Waals surface area contributed by atoms with Crippen molar-refractivity contribution in [2.75, 3.05) is 6.54 Å². The Labute approximate surface area is 100 Å². The van der Waals surface area contributed by atoms with Crippen molar-refractivity contribution in [1.29, 1.82) is 0 Å². The molecular weight excluding hydrogens is 217 g/mol. The van der Waals surface area contributed by atoms with Gasteiger partial charge in [-0.25, -0.2) is 4.39 Å². The number of hydrogen-bond acceptors (Lipinski definition) is 2. The van der Waals surface area contributed by atoms with Gasteiger partial charge >= 0.3 is 0 Å². The van der Waals surface area contributed by atoms with E-state index in [9.17, 15) is 4.39 Å². The minimum absolute atomic E-state index is 0.190. The summed E-state index contributed by atoms with van der Waals surface area (Å²) >= 11 is 0. The van der Waals surface area contributed by atoms with E-state index in [2.05, 4.69) is 5.10 Å². The fourth-order valence-corrected chi connectivity index (χ4v) is 1.91. The van der Waals surface area contributed by atoms with E-state index in [1.165, 1.54) is 6.07 Å². The molecule has 1 aromatic heterocycles. The average molecular weight is 233 g/mol. The van der Waals surface area contributed by atoms with Crippen molar-refractivity contribution in [3.63, 3.8) is 0 Å². The van der Waals surface area contributed by atoms with Gasteiger partial charge in [0.15, 0.2) is 0 Å². The molecule has 0 unspecified atom stereocenters. The van der Waals surface area contributed by atoms with Crippen LogP contribution in [0, 0.1) is 12.7 Å². The van der Waals surface area contributed by atoms with E-state index in [1.807, 2.05) is 19.3 Å². The van der Waals surface area contributed by atoms with E-state index in [-0.39, 0.29) is 5.82 Å². The zero-order valence-corrected chi connectivity index (χ0v) is 10.1. The maximum Gasteiger partial charge on any atom is 0.126 e. The number of halogens is 1. The summed E-state index contributed by atoms with van der Waals surface area (Å²) in [5.41, 5.74) is 9.13. The van der Waals surface area contributed by atoms with Gasteiger partial charge in [-0.2, -0.15) is 5.10 Å². The summed E-state index contributed by atoms with van der Waals surface area (Å²) in [6.07, 6.45) is 2.74. The maximum absolute atomic E-state index is 13.2. The number of aryl methyl sites for hydroxylation is 2. The van der Waals surface area contributed by atoms with Gasteiger partial charge in [-0.1, -0.05) is 0 Å². The van der Waals surface area contributed by atoms with Crippen LogP contribution in [-0.4, -0.2) is 16.3 Å². The third-order valence-electron chi connectivity index (χ3n) is 2.75. The summed E-state index contributed by atoms with van der Waals surface area (Å²) in [6.45, 7) is 2.34. The topological polar surface area (TPSA) is 43.8 Å². The molecule has 0 aliphatic rings. The molecule has 3 nitrogen and oxygen atoms in total. The smallest absolute Gasteiger partial charge is 0.126 e. The summed E-state index contributed by atoms with van der Waals surface area (Å²) in [7, 11) is 1.87. The molecule has 2 aromatic rings. The van der Waals surface area contributed by atoms with Crippen molar-refractivity contribution in [1.82, 2.24) is 9.78 Å². The Morgan fingerprint density at radius 2 is 2.18 bits per heavy atom. The fourth-order valence-electron chi connectivity index (χ4n) is 1.91. The zero-order chi connectivity index (χ0) is 12.4. The second-order valence-corrected chi connectivity index (χ2v) is 4.18. The van der Waals surface area contributed by atoms with E-state index in [1.54, 1.807) is 17.7 Å². The lowest BCUT2D eigenvalue weighted by atomic mass is 10.0. The molecule has 1 aromatic carbocycles. The second kappa shape index (κ2) is 4.67. The van der Waals surface area contributed by atoms with Crippen LogP contribution in [0.2, 0.25) is 0 Å². The summed E-state index contributed by atoms with van der Waals surface area (Å²) in [6, 6.07) is 5.05.